The standard InChI is InChI=1S/C24H24N6O5/c25-29-28-18-3-1-2-16(10-18)11-22(33)26-12-15-4-6-17(7-5-15)23-27-19(14-35-23)24(34)30-9-8-20(31)21(32)13-30/h1-7,10,14,20-21,31-32H,8-9,11-13H2,(H,26,33). The third-order valence-corrected chi connectivity index (χ3v) is 5.68. The van der Waals surface area contributed by atoms with Gasteiger partial charge in [-0.05, 0) is 41.3 Å². The molecule has 3 aromatic rings. The van der Waals surface area contributed by atoms with Gasteiger partial charge in [-0.2, -0.15) is 0 Å². The molecular formula is C24H24N6O5. The maximum Gasteiger partial charge on any atom is 0.275 e. The van der Waals surface area contributed by atoms with Gasteiger partial charge in [0.05, 0.1) is 18.6 Å². The first kappa shape index (κ1) is 24.0. The van der Waals surface area contributed by atoms with Crippen LogP contribution >= 0.6 is 0 Å². The zero-order valence-corrected chi connectivity index (χ0v) is 18.7. The van der Waals surface area contributed by atoms with Crippen LogP contribution in [0.25, 0.3) is 21.9 Å². The number of piperidine rings is 1. The number of aliphatic hydroxyl groups excluding tert-OH is 2. The van der Waals surface area contributed by atoms with Gasteiger partial charge in [0.15, 0.2) is 5.69 Å². The van der Waals surface area contributed by atoms with E-state index in [1.165, 1.54) is 11.2 Å². The van der Waals surface area contributed by atoms with Gasteiger partial charge in [-0.15, -0.1) is 0 Å². The van der Waals surface area contributed by atoms with Crippen LogP contribution in [-0.4, -0.2) is 57.2 Å². The van der Waals surface area contributed by atoms with Crippen LogP contribution in [0.1, 0.15) is 28.0 Å². The zero-order valence-electron chi connectivity index (χ0n) is 18.7. The second kappa shape index (κ2) is 10.8. The first-order valence-corrected chi connectivity index (χ1v) is 11.0. The Morgan fingerprint density at radius 1 is 1.17 bits per heavy atom. The Bertz CT molecular complexity index is 1250. The van der Waals surface area contributed by atoms with Crippen LogP contribution in [0.2, 0.25) is 0 Å². The minimum absolute atomic E-state index is 0.0435. The van der Waals surface area contributed by atoms with Crippen molar-refractivity contribution in [1.82, 2.24) is 15.2 Å². The second-order valence-corrected chi connectivity index (χ2v) is 8.22. The van der Waals surface area contributed by atoms with E-state index in [2.05, 4.69) is 20.3 Å². The summed E-state index contributed by atoms with van der Waals surface area (Å²) in [6.07, 6.45) is -0.0641. The maximum absolute atomic E-state index is 12.6. The highest BCUT2D eigenvalue weighted by atomic mass is 16.3. The largest absolute Gasteiger partial charge is 0.444 e. The molecule has 1 saturated heterocycles. The van der Waals surface area contributed by atoms with Crippen molar-refractivity contribution in [3.8, 4) is 11.5 Å². The summed E-state index contributed by atoms with van der Waals surface area (Å²) in [6, 6.07) is 14.1. The molecule has 2 atom stereocenters. The van der Waals surface area contributed by atoms with E-state index in [1.807, 2.05) is 12.1 Å². The lowest BCUT2D eigenvalue weighted by Gasteiger charge is -2.32. The number of likely N-dealkylation sites (tertiary alicyclic amines) is 1. The number of benzene rings is 2. The van der Waals surface area contributed by atoms with E-state index in [0.29, 0.717) is 30.8 Å². The smallest absolute Gasteiger partial charge is 0.275 e. The number of nitrogens with zero attached hydrogens (tertiary/aromatic N) is 5. The summed E-state index contributed by atoms with van der Waals surface area (Å²) in [4.78, 5) is 33.4. The van der Waals surface area contributed by atoms with Crippen molar-refractivity contribution >= 4 is 17.5 Å². The summed E-state index contributed by atoms with van der Waals surface area (Å²) in [5, 5.41) is 25.8. The van der Waals surface area contributed by atoms with Crippen molar-refractivity contribution in [2.45, 2.75) is 31.6 Å². The van der Waals surface area contributed by atoms with Crippen LogP contribution in [0.4, 0.5) is 5.69 Å². The van der Waals surface area contributed by atoms with Gasteiger partial charge in [-0.3, -0.25) is 9.59 Å². The minimum Gasteiger partial charge on any atom is -0.444 e. The summed E-state index contributed by atoms with van der Waals surface area (Å²) in [5.41, 5.74) is 11.4. The van der Waals surface area contributed by atoms with E-state index in [1.54, 1.807) is 36.4 Å². The van der Waals surface area contributed by atoms with Crippen molar-refractivity contribution in [2.75, 3.05) is 13.1 Å². The molecule has 0 bridgehead atoms. The lowest BCUT2D eigenvalue weighted by Crippen LogP contribution is -2.49. The van der Waals surface area contributed by atoms with Gasteiger partial charge >= 0.3 is 0 Å². The van der Waals surface area contributed by atoms with Gasteiger partial charge in [0, 0.05) is 35.8 Å². The number of nitrogens with one attached hydrogen (secondary N) is 1. The Labute approximate surface area is 200 Å². The van der Waals surface area contributed by atoms with Crippen LogP contribution in [0, 0.1) is 0 Å². The topological polar surface area (TPSA) is 165 Å². The molecule has 2 unspecified atom stereocenters. The average molecular weight is 476 g/mol. The van der Waals surface area contributed by atoms with Crippen LogP contribution in [0.3, 0.4) is 0 Å². The summed E-state index contributed by atoms with van der Waals surface area (Å²) in [7, 11) is 0. The number of aromatic nitrogens is 1. The van der Waals surface area contributed by atoms with E-state index in [0.717, 1.165) is 11.1 Å². The van der Waals surface area contributed by atoms with Crippen molar-refractivity contribution in [3.63, 3.8) is 0 Å². The van der Waals surface area contributed by atoms with Crippen LogP contribution in [0.15, 0.2) is 64.3 Å². The van der Waals surface area contributed by atoms with E-state index in [9.17, 15) is 19.8 Å². The maximum atomic E-state index is 12.6. The van der Waals surface area contributed by atoms with E-state index < -0.39 is 12.2 Å². The third-order valence-electron chi connectivity index (χ3n) is 5.68. The highest BCUT2D eigenvalue weighted by Crippen LogP contribution is 2.21. The Morgan fingerprint density at radius 2 is 1.97 bits per heavy atom. The predicted molar refractivity (Wildman–Crippen MR) is 125 cm³/mol. The minimum atomic E-state index is -0.977. The van der Waals surface area contributed by atoms with Gasteiger partial charge < -0.3 is 24.8 Å². The lowest BCUT2D eigenvalue weighted by molar-refractivity contribution is -0.120. The fraction of sp³-hybridized carbons (Fsp3) is 0.292. The van der Waals surface area contributed by atoms with Gasteiger partial charge in [0.2, 0.25) is 11.8 Å². The Morgan fingerprint density at radius 3 is 2.71 bits per heavy atom. The van der Waals surface area contributed by atoms with Crippen LogP contribution < -0.4 is 5.32 Å². The number of carbonyl (C=O) groups excluding carboxylic acids is 2. The highest BCUT2D eigenvalue weighted by molar-refractivity contribution is 5.92. The molecule has 11 nitrogen and oxygen atoms in total. The molecule has 35 heavy (non-hydrogen) atoms. The molecule has 2 amide bonds. The molecule has 1 aliphatic rings. The quantitative estimate of drug-likeness (QED) is 0.269. The predicted octanol–water partition coefficient (Wildman–Crippen LogP) is 2.71. The molecule has 0 saturated carbocycles. The molecule has 0 aliphatic carbocycles. The summed E-state index contributed by atoms with van der Waals surface area (Å²) in [6.45, 7) is 0.703. The van der Waals surface area contributed by atoms with Crippen molar-refractivity contribution < 1.29 is 24.2 Å². The molecular weight excluding hydrogens is 452 g/mol. The zero-order chi connectivity index (χ0) is 24.8. The fourth-order valence-electron chi connectivity index (χ4n) is 3.76. The average Bonchev–Trinajstić information content (AvgIpc) is 3.35. The first-order chi connectivity index (χ1) is 16.9. The fourth-order valence-corrected chi connectivity index (χ4v) is 3.76. The summed E-state index contributed by atoms with van der Waals surface area (Å²) < 4.78 is 5.47. The van der Waals surface area contributed by atoms with Crippen LogP contribution in [0.5, 0.6) is 0 Å². The second-order valence-electron chi connectivity index (χ2n) is 8.22. The molecule has 3 N–H and O–H groups in total. The SMILES string of the molecule is [N-]=[N+]=Nc1cccc(CC(=O)NCc2ccc(-c3nc(C(=O)N4CCC(O)C(O)C4)co3)cc2)c1. The first-order valence-electron chi connectivity index (χ1n) is 11.0. The Balaban J connectivity index is 1.32. The monoisotopic (exact) mass is 476 g/mol. The molecule has 4 rings (SSSR count). The number of azide groups is 1. The van der Waals surface area contributed by atoms with Crippen molar-refractivity contribution in [3.05, 3.63) is 82.1 Å². The number of oxazole rings is 1. The van der Waals surface area contributed by atoms with Gasteiger partial charge in [0.25, 0.3) is 5.91 Å². The number of aliphatic hydroxyl groups is 2. The van der Waals surface area contributed by atoms with Gasteiger partial charge in [0.1, 0.15) is 6.26 Å². The summed E-state index contributed by atoms with van der Waals surface area (Å²) in [5.74, 6) is -0.255. The van der Waals surface area contributed by atoms with E-state index in [-0.39, 0.29) is 36.4 Å². The molecule has 2 heterocycles. The molecule has 1 aromatic heterocycles. The molecule has 11 heteroatoms. The number of carbonyl (C=O) groups is 2. The van der Waals surface area contributed by atoms with Crippen molar-refractivity contribution in [2.24, 2.45) is 5.11 Å². The Hall–Kier alpha value is -4.18. The number of amides is 2. The third kappa shape index (κ3) is 6.04. The van der Waals surface area contributed by atoms with E-state index in [4.69, 9.17) is 9.95 Å². The molecule has 2 aromatic carbocycles. The normalized spacial score (nSPS) is 17.5. The molecule has 180 valence electrons. The highest BCUT2D eigenvalue weighted by Gasteiger charge is 2.30. The van der Waals surface area contributed by atoms with Crippen LogP contribution in [-0.2, 0) is 17.8 Å². The Kier molecular flexibility index (Phi) is 7.41. The molecule has 0 radical (unpaired) electrons. The molecule has 1 aliphatic heterocycles. The number of hydrogen-bond acceptors (Lipinski definition) is 7. The number of rotatable bonds is 7. The number of hydrogen-bond donors (Lipinski definition) is 3. The molecule has 1 fully saturated rings. The summed E-state index contributed by atoms with van der Waals surface area (Å²) >= 11 is 0. The molecule has 0 spiro atoms. The van der Waals surface area contributed by atoms with E-state index >= 15 is 0 Å². The number of β-amino-alcohol motifs (C(OH)–C–C–N with tert-alkyl or cyclic N) is 1. The lowest BCUT2D eigenvalue weighted by atomic mass is 10.0. The van der Waals surface area contributed by atoms with Gasteiger partial charge in [-0.25, -0.2) is 4.98 Å². The van der Waals surface area contributed by atoms with Gasteiger partial charge in [-0.1, -0.05) is 35.4 Å². The van der Waals surface area contributed by atoms with Crippen molar-refractivity contribution in [1.29, 1.82) is 0 Å².